The molecule has 122 valence electrons. The van der Waals surface area contributed by atoms with E-state index in [9.17, 15) is 4.79 Å². The van der Waals surface area contributed by atoms with E-state index < -0.39 is 0 Å². The van der Waals surface area contributed by atoms with Crippen LogP contribution in [0.3, 0.4) is 0 Å². The highest BCUT2D eigenvalue weighted by Crippen LogP contribution is 2.20. The number of ether oxygens (including phenoxy) is 2. The third-order valence-corrected chi connectivity index (χ3v) is 4.07. The molecule has 1 N–H and O–H groups in total. The van der Waals surface area contributed by atoms with Crippen LogP contribution in [0.25, 0.3) is 11.0 Å². The Morgan fingerprint density at radius 1 is 1.30 bits per heavy atom. The number of hydrogen-bond acceptors (Lipinski definition) is 5. The Labute approximate surface area is 135 Å². The molecule has 0 aromatic carbocycles. The molecule has 0 radical (unpaired) electrons. The fraction of sp³-hybridized carbons (Fsp3) is 0.471. The summed E-state index contributed by atoms with van der Waals surface area (Å²) in [5, 5.41) is 2.68. The molecule has 6 heteroatoms. The Hall–Kier alpha value is -2.37. The summed E-state index contributed by atoms with van der Waals surface area (Å²) in [5.74, 6) is 0.613. The van der Waals surface area contributed by atoms with Gasteiger partial charge in [0, 0.05) is 12.3 Å². The van der Waals surface area contributed by atoms with Crippen LogP contribution >= 0.6 is 0 Å². The van der Waals surface area contributed by atoms with Gasteiger partial charge >= 0.3 is 6.09 Å². The third-order valence-electron chi connectivity index (χ3n) is 4.07. The molecule has 3 rings (SSSR count). The second-order valence-corrected chi connectivity index (χ2v) is 5.70. The fourth-order valence-corrected chi connectivity index (χ4v) is 2.83. The van der Waals surface area contributed by atoms with Gasteiger partial charge in [-0.3, -0.25) is 4.98 Å². The van der Waals surface area contributed by atoms with Crippen molar-refractivity contribution in [3.05, 3.63) is 30.0 Å². The minimum atomic E-state index is -0.293. The average molecular weight is 315 g/mol. The topological polar surface area (TPSA) is 73.3 Å². The van der Waals surface area contributed by atoms with Crippen LogP contribution in [0.15, 0.2) is 24.4 Å². The van der Waals surface area contributed by atoms with Crippen molar-refractivity contribution in [2.24, 2.45) is 0 Å². The lowest BCUT2D eigenvalue weighted by molar-refractivity contribution is 0.134. The predicted molar refractivity (Wildman–Crippen MR) is 86.5 cm³/mol. The molecule has 0 aliphatic carbocycles. The molecule has 0 saturated carbocycles. The van der Waals surface area contributed by atoms with Gasteiger partial charge in [-0.2, -0.15) is 0 Å². The van der Waals surface area contributed by atoms with Crippen LogP contribution in [0, 0.1) is 0 Å². The van der Waals surface area contributed by atoms with Crippen molar-refractivity contribution in [1.29, 1.82) is 0 Å². The largest absolute Gasteiger partial charge is 0.481 e. The quantitative estimate of drug-likeness (QED) is 0.795. The molecular weight excluding hydrogens is 294 g/mol. The van der Waals surface area contributed by atoms with E-state index in [-0.39, 0.29) is 12.2 Å². The molecule has 1 atom stereocenters. The smallest absolute Gasteiger partial charge is 0.407 e. The number of cyclic esters (lactones) is 1. The summed E-state index contributed by atoms with van der Waals surface area (Å²) < 4.78 is 10.3. The van der Waals surface area contributed by atoms with E-state index in [1.807, 2.05) is 24.4 Å². The van der Waals surface area contributed by atoms with E-state index in [0.717, 1.165) is 43.1 Å². The Balaban J connectivity index is 1.51. The number of unbranched alkanes of at least 4 members (excludes halogenated alkanes) is 2. The number of pyridine rings is 2. The number of aryl methyl sites for hydroxylation is 1. The van der Waals surface area contributed by atoms with Crippen LogP contribution < -0.4 is 10.1 Å². The summed E-state index contributed by atoms with van der Waals surface area (Å²) in [6.45, 7) is 0.636. The maximum atomic E-state index is 10.9. The van der Waals surface area contributed by atoms with E-state index in [1.165, 1.54) is 5.56 Å². The molecule has 0 bridgehead atoms. The first kappa shape index (κ1) is 15.5. The molecule has 1 saturated heterocycles. The van der Waals surface area contributed by atoms with Crippen LogP contribution in [0.2, 0.25) is 0 Å². The maximum absolute atomic E-state index is 10.9. The van der Waals surface area contributed by atoms with Gasteiger partial charge in [-0.25, -0.2) is 9.78 Å². The molecule has 23 heavy (non-hydrogen) atoms. The van der Waals surface area contributed by atoms with Gasteiger partial charge in [0.05, 0.1) is 24.7 Å². The number of nitrogens with one attached hydrogen (secondary N) is 1. The number of nitrogens with zero attached hydrogens (tertiary/aromatic N) is 2. The molecule has 1 aliphatic rings. The van der Waals surface area contributed by atoms with Gasteiger partial charge in [-0.15, -0.1) is 0 Å². The minimum Gasteiger partial charge on any atom is -0.481 e. The summed E-state index contributed by atoms with van der Waals surface area (Å²) >= 11 is 0. The number of hydrogen-bond donors (Lipinski definition) is 1. The first-order valence-electron chi connectivity index (χ1n) is 7.99. The summed E-state index contributed by atoms with van der Waals surface area (Å²) in [6.07, 6.45) is 6.68. The summed E-state index contributed by atoms with van der Waals surface area (Å²) in [4.78, 5) is 19.8. The molecule has 1 amide bonds. The van der Waals surface area contributed by atoms with Gasteiger partial charge in [-0.05, 0) is 43.4 Å². The number of fused-ring (bicyclic) bond motifs is 1. The van der Waals surface area contributed by atoms with Gasteiger partial charge in [-0.1, -0.05) is 6.42 Å². The van der Waals surface area contributed by atoms with Crippen molar-refractivity contribution in [3.8, 4) is 5.88 Å². The van der Waals surface area contributed by atoms with Crippen LogP contribution in [0.4, 0.5) is 4.79 Å². The zero-order valence-corrected chi connectivity index (χ0v) is 13.2. The molecule has 6 nitrogen and oxygen atoms in total. The van der Waals surface area contributed by atoms with Gasteiger partial charge in [0.2, 0.25) is 5.88 Å². The number of carbonyl (C=O) groups excluding carboxylic acids is 1. The zero-order valence-electron chi connectivity index (χ0n) is 13.2. The van der Waals surface area contributed by atoms with E-state index >= 15 is 0 Å². The van der Waals surface area contributed by atoms with Crippen molar-refractivity contribution < 1.29 is 14.3 Å². The molecule has 0 spiro atoms. The number of carbonyl (C=O) groups is 1. The molecular formula is C17H21N3O3. The van der Waals surface area contributed by atoms with Crippen LogP contribution in [-0.4, -0.2) is 35.8 Å². The summed E-state index contributed by atoms with van der Waals surface area (Å²) in [6, 6.07) is 5.79. The first-order chi connectivity index (χ1) is 11.3. The number of amides is 1. The van der Waals surface area contributed by atoms with Crippen molar-refractivity contribution in [1.82, 2.24) is 15.3 Å². The van der Waals surface area contributed by atoms with Gasteiger partial charge in [0.1, 0.15) is 6.10 Å². The SMILES string of the molecule is COc1ccc2nccc(CCCCC[C@@H]3CNC(=O)O3)c2n1. The third kappa shape index (κ3) is 3.88. The van der Waals surface area contributed by atoms with Gasteiger partial charge in [0.15, 0.2) is 0 Å². The van der Waals surface area contributed by atoms with Crippen LogP contribution in [0.5, 0.6) is 5.88 Å². The van der Waals surface area contributed by atoms with Crippen molar-refractivity contribution in [2.45, 2.75) is 38.2 Å². The fourth-order valence-electron chi connectivity index (χ4n) is 2.83. The summed E-state index contributed by atoms with van der Waals surface area (Å²) in [7, 11) is 1.62. The molecule has 2 aromatic heterocycles. The second kappa shape index (κ2) is 7.26. The number of methoxy groups -OCH3 is 1. The highest BCUT2D eigenvalue weighted by atomic mass is 16.6. The number of aromatic nitrogens is 2. The lowest BCUT2D eigenvalue weighted by atomic mass is 10.0. The van der Waals surface area contributed by atoms with Crippen LogP contribution in [0.1, 0.15) is 31.2 Å². The van der Waals surface area contributed by atoms with E-state index in [4.69, 9.17) is 9.47 Å². The Kier molecular flexibility index (Phi) is 4.90. The standard InChI is InChI=1S/C17H21N3O3/c1-22-15-8-7-14-16(20-15)12(9-10-18-14)5-3-2-4-6-13-11-19-17(21)23-13/h7-10,13H,2-6,11H2,1H3,(H,19,21)/t13-/m1/s1. The monoisotopic (exact) mass is 315 g/mol. The number of alkyl carbamates (subject to hydrolysis) is 1. The van der Waals surface area contributed by atoms with Crippen molar-refractivity contribution in [3.63, 3.8) is 0 Å². The van der Waals surface area contributed by atoms with E-state index in [1.54, 1.807) is 7.11 Å². The van der Waals surface area contributed by atoms with Gasteiger partial charge in [0.25, 0.3) is 0 Å². The predicted octanol–water partition coefficient (Wildman–Crippen LogP) is 2.85. The minimum absolute atomic E-state index is 0.0372. The lowest BCUT2D eigenvalue weighted by Crippen LogP contribution is -2.14. The molecule has 2 aromatic rings. The first-order valence-corrected chi connectivity index (χ1v) is 7.99. The highest BCUT2D eigenvalue weighted by molar-refractivity contribution is 5.78. The molecule has 1 aliphatic heterocycles. The molecule has 3 heterocycles. The normalized spacial score (nSPS) is 17.1. The van der Waals surface area contributed by atoms with Crippen LogP contribution in [-0.2, 0) is 11.2 Å². The van der Waals surface area contributed by atoms with Gasteiger partial charge < -0.3 is 14.8 Å². The number of rotatable bonds is 7. The molecule has 1 fully saturated rings. The van der Waals surface area contributed by atoms with E-state index in [2.05, 4.69) is 15.3 Å². The lowest BCUT2D eigenvalue weighted by Gasteiger charge is -2.08. The highest BCUT2D eigenvalue weighted by Gasteiger charge is 2.21. The summed E-state index contributed by atoms with van der Waals surface area (Å²) in [5.41, 5.74) is 3.01. The zero-order chi connectivity index (χ0) is 16.1. The Morgan fingerprint density at radius 2 is 2.22 bits per heavy atom. The van der Waals surface area contributed by atoms with Crippen molar-refractivity contribution in [2.75, 3.05) is 13.7 Å². The average Bonchev–Trinajstić information content (AvgIpc) is 2.99. The second-order valence-electron chi connectivity index (χ2n) is 5.70. The Bertz CT molecular complexity index is 690. The maximum Gasteiger partial charge on any atom is 0.407 e. The van der Waals surface area contributed by atoms with E-state index in [0.29, 0.717) is 12.4 Å². The van der Waals surface area contributed by atoms with Crippen molar-refractivity contribution >= 4 is 17.1 Å². The Morgan fingerprint density at radius 3 is 3.00 bits per heavy atom. The molecule has 0 unspecified atom stereocenters.